The number of carbonyl (C=O) groups excluding carboxylic acids is 4. The van der Waals surface area contributed by atoms with Crippen LogP contribution < -0.4 is 24.8 Å². The van der Waals surface area contributed by atoms with E-state index in [9.17, 15) is 40.8 Å². The van der Waals surface area contributed by atoms with Crippen LogP contribution in [0.1, 0.15) is 79.1 Å². The summed E-state index contributed by atoms with van der Waals surface area (Å²) in [5, 5.41) is 5.88. The van der Waals surface area contributed by atoms with Gasteiger partial charge in [-0.25, -0.2) is 13.2 Å². The Morgan fingerprint density at radius 3 is 2.49 bits per heavy atom. The Bertz CT molecular complexity index is 2020. The topological polar surface area (TPSA) is 182 Å². The van der Waals surface area contributed by atoms with Gasteiger partial charge in [0.05, 0.1) is 18.9 Å². The molecule has 3 fully saturated rings. The van der Waals surface area contributed by atoms with Gasteiger partial charge in [0.25, 0.3) is 5.91 Å². The van der Waals surface area contributed by atoms with Crippen LogP contribution in [-0.4, -0.2) is 96.5 Å². The molecule has 57 heavy (non-hydrogen) atoms. The van der Waals surface area contributed by atoms with Crippen molar-refractivity contribution in [1.82, 2.24) is 25.2 Å². The molecule has 2 saturated carbocycles. The highest BCUT2D eigenvalue weighted by atomic mass is 32.2. The van der Waals surface area contributed by atoms with E-state index >= 15 is 0 Å². The van der Waals surface area contributed by atoms with Gasteiger partial charge in [-0.2, -0.15) is 18.2 Å². The Kier molecular flexibility index (Phi) is 11.8. The molecule has 2 aliphatic carbocycles. The van der Waals surface area contributed by atoms with E-state index in [1.807, 2.05) is 25.1 Å². The molecule has 312 valence electrons. The van der Waals surface area contributed by atoms with Gasteiger partial charge in [0.1, 0.15) is 23.7 Å². The number of carbonyl (C=O) groups is 4. The number of allylic oxidation sites excluding steroid dienone is 1. The number of alkyl carbamates (subject to hydrolysis) is 1. The van der Waals surface area contributed by atoms with E-state index in [-0.39, 0.29) is 37.1 Å². The van der Waals surface area contributed by atoms with E-state index in [1.54, 1.807) is 31.2 Å². The molecule has 4 aliphatic rings. The lowest BCUT2D eigenvalue weighted by molar-refractivity contribution is -0.244. The molecule has 0 spiro atoms. The summed E-state index contributed by atoms with van der Waals surface area (Å²) in [5.74, 6) is -3.17. The van der Waals surface area contributed by atoms with E-state index in [1.165, 1.54) is 12.0 Å². The highest BCUT2D eigenvalue weighted by Crippen LogP contribution is 2.46. The summed E-state index contributed by atoms with van der Waals surface area (Å²) in [7, 11) is -2.54. The fraction of sp³-hybridized carbons (Fsp3) is 0.615. The van der Waals surface area contributed by atoms with Crippen LogP contribution in [0.25, 0.3) is 10.8 Å². The largest absolute Gasteiger partial charge is 0.481 e. The Morgan fingerprint density at radius 2 is 1.82 bits per heavy atom. The number of nitrogens with zero attached hydrogens (tertiary/aromatic N) is 2. The average Bonchev–Trinajstić information content (AvgIpc) is 4.07. The minimum atomic E-state index is -4.91. The maximum absolute atomic E-state index is 14.9. The first-order valence-electron chi connectivity index (χ1n) is 19.3. The smallest absolute Gasteiger partial charge is 0.427 e. The van der Waals surface area contributed by atoms with Crippen LogP contribution in [0.2, 0.25) is 0 Å². The fourth-order valence-corrected chi connectivity index (χ4v) is 9.02. The van der Waals surface area contributed by atoms with Gasteiger partial charge in [-0.3, -0.25) is 19.1 Å². The summed E-state index contributed by atoms with van der Waals surface area (Å²) in [6, 6.07) is 6.20. The molecular formula is C39H50F3N5O9S. The number of rotatable bonds is 9. The molecule has 7 atom stereocenters. The van der Waals surface area contributed by atoms with E-state index in [0.717, 1.165) is 5.39 Å². The summed E-state index contributed by atoms with van der Waals surface area (Å²) in [5.41, 5.74) is -4.51. The number of methoxy groups -OCH3 is 1. The van der Waals surface area contributed by atoms with Crippen molar-refractivity contribution in [2.45, 2.75) is 120 Å². The van der Waals surface area contributed by atoms with Gasteiger partial charge < -0.3 is 29.7 Å². The molecule has 3 N–H and O–H groups in total. The van der Waals surface area contributed by atoms with Crippen LogP contribution in [0.15, 0.2) is 42.5 Å². The van der Waals surface area contributed by atoms with Gasteiger partial charge in [-0.1, -0.05) is 50.6 Å². The third kappa shape index (κ3) is 9.10. The number of alkyl halides is 3. The monoisotopic (exact) mass is 821 g/mol. The Hall–Kier alpha value is -4.61. The van der Waals surface area contributed by atoms with Crippen LogP contribution in [-0.2, 0) is 29.1 Å². The molecule has 4 amide bonds. The van der Waals surface area contributed by atoms with E-state index < -0.39 is 86.4 Å². The number of benzene rings is 1. The number of ether oxygens (including phenoxy) is 3. The van der Waals surface area contributed by atoms with Gasteiger partial charge in [-0.05, 0) is 75.7 Å². The van der Waals surface area contributed by atoms with Crippen LogP contribution in [0.3, 0.4) is 0 Å². The molecule has 6 rings (SSSR count). The van der Waals surface area contributed by atoms with Crippen molar-refractivity contribution < 1.29 is 55.0 Å². The minimum absolute atomic E-state index is 0.0296. The number of nitrogens with one attached hydrogen (secondary N) is 3. The quantitative estimate of drug-likeness (QED) is 0.294. The van der Waals surface area contributed by atoms with Crippen molar-refractivity contribution in [3.8, 4) is 11.8 Å². The third-order valence-electron chi connectivity index (χ3n) is 11.4. The lowest BCUT2D eigenvalue weighted by Gasteiger charge is -2.35. The molecular weight excluding hydrogens is 772 g/mol. The first-order chi connectivity index (χ1) is 26.8. The highest BCUT2D eigenvalue weighted by molar-refractivity contribution is 7.91. The number of aromatic nitrogens is 1. The number of pyridine rings is 1. The molecule has 2 aliphatic heterocycles. The first kappa shape index (κ1) is 42.0. The number of halogens is 3. The second kappa shape index (κ2) is 16.0. The molecule has 1 aromatic heterocycles. The van der Waals surface area contributed by atoms with Crippen molar-refractivity contribution >= 4 is 44.6 Å². The predicted octanol–water partition coefficient (Wildman–Crippen LogP) is 4.91. The molecule has 1 saturated heterocycles. The molecule has 0 radical (unpaired) electrons. The molecule has 1 aromatic carbocycles. The van der Waals surface area contributed by atoms with Gasteiger partial charge in [-0.15, -0.1) is 0 Å². The molecule has 18 heteroatoms. The SMILES string of the molecule is CCC1CC(C)CCC=CC2CC2(C(=O)NS(=O)(=O)C2CC2)NC(=O)C2CC(Oc3nc(OC)cc4ccccc34)CN2C(=O)C1NC(=O)OC(C)(C)C(F)(F)F. The summed E-state index contributed by atoms with van der Waals surface area (Å²) >= 11 is 0. The summed E-state index contributed by atoms with van der Waals surface area (Å²) in [6.45, 7) is 4.94. The van der Waals surface area contributed by atoms with Gasteiger partial charge in [0.2, 0.25) is 39.2 Å². The first-order valence-corrected chi connectivity index (χ1v) is 20.8. The predicted molar refractivity (Wildman–Crippen MR) is 201 cm³/mol. The summed E-state index contributed by atoms with van der Waals surface area (Å²) in [4.78, 5) is 62.0. The Balaban J connectivity index is 1.37. The zero-order chi connectivity index (χ0) is 41.5. The molecule has 7 unspecified atom stereocenters. The van der Waals surface area contributed by atoms with Crippen LogP contribution in [0.5, 0.6) is 11.8 Å². The van der Waals surface area contributed by atoms with E-state index in [2.05, 4.69) is 20.3 Å². The fourth-order valence-electron chi connectivity index (χ4n) is 7.66. The molecule has 2 aromatic rings. The standard InChI is InChI=1S/C39H50F3N5O9S/c1-6-23-17-22(2)11-7-9-13-25-20-38(25,35(50)46-57(52,53)27-15-16-27)45-32(48)29-19-26(55-33-28-14-10-8-12-24(28)18-30(43-33)54-5)21-47(29)34(49)31(23)44-36(51)56-37(3,4)39(40,41)42/h8-10,12-14,18,22-23,25-27,29,31H,6-7,11,15-17,19-21H2,1-5H3,(H,44,51)(H,45,48)(H,46,50). The maximum Gasteiger partial charge on any atom is 0.427 e. The number of sulfonamides is 1. The average molecular weight is 822 g/mol. The lowest BCUT2D eigenvalue weighted by Crippen LogP contribution is -2.59. The Morgan fingerprint density at radius 1 is 1.11 bits per heavy atom. The number of amides is 4. The van der Waals surface area contributed by atoms with E-state index in [4.69, 9.17) is 14.2 Å². The third-order valence-corrected chi connectivity index (χ3v) is 13.3. The number of hydrogen-bond donors (Lipinski definition) is 3. The maximum atomic E-state index is 14.9. The zero-order valence-electron chi connectivity index (χ0n) is 32.6. The van der Waals surface area contributed by atoms with Gasteiger partial charge in [0.15, 0.2) is 0 Å². The highest BCUT2D eigenvalue weighted by Gasteiger charge is 2.62. The number of hydrogen-bond acceptors (Lipinski definition) is 10. The minimum Gasteiger partial charge on any atom is -0.481 e. The van der Waals surface area contributed by atoms with Crippen LogP contribution >= 0.6 is 0 Å². The summed E-state index contributed by atoms with van der Waals surface area (Å²) < 4.78 is 85.9. The van der Waals surface area contributed by atoms with Gasteiger partial charge in [0, 0.05) is 23.8 Å². The second-order valence-corrected chi connectivity index (χ2v) is 18.1. The molecule has 14 nitrogen and oxygen atoms in total. The second-order valence-electron chi connectivity index (χ2n) is 16.2. The molecule has 0 bridgehead atoms. The van der Waals surface area contributed by atoms with Crippen LogP contribution in [0, 0.1) is 17.8 Å². The molecule has 3 heterocycles. The lowest BCUT2D eigenvalue weighted by atomic mass is 9.85. The zero-order valence-corrected chi connectivity index (χ0v) is 33.4. The van der Waals surface area contributed by atoms with Crippen molar-refractivity contribution in [1.29, 1.82) is 0 Å². The number of fused-ring (bicyclic) bond motifs is 3. The summed E-state index contributed by atoms with van der Waals surface area (Å²) in [6.07, 6.45) is -0.869. The van der Waals surface area contributed by atoms with E-state index in [0.29, 0.717) is 57.8 Å². The van der Waals surface area contributed by atoms with Crippen LogP contribution in [0.4, 0.5) is 18.0 Å². The van der Waals surface area contributed by atoms with Crippen molar-refractivity contribution in [2.75, 3.05) is 13.7 Å². The van der Waals surface area contributed by atoms with Crippen molar-refractivity contribution in [2.24, 2.45) is 17.8 Å². The van der Waals surface area contributed by atoms with Crippen molar-refractivity contribution in [3.63, 3.8) is 0 Å². The Labute approximate surface area is 329 Å². The normalized spacial score (nSPS) is 28.6. The van der Waals surface area contributed by atoms with Gasteiger partial charge >= 0.3 is 12.3 Å². The van der Waals surface area contributed by atoms with Crippen molar-refractivity contribution in [3.05, 3.63) is 42.5 Å².